The molecule has 170 valence electrons. The largest absolute Gasteiger partial charge is 0.481 e. The normalized spacial score (nSPS) is 11.9. The smallest absolute Gasteiger partial charge is 0.236 e. The minimum atomic E-state index is -0.406. The molecule has 0 radical (unpaired) electrons. The van der Waals surface area contributed by atoms with E-state index in [-0.39, 0.29) is 11.7 Å². The third kappa shape index (κ3) is 5.86. The van der Waals surface area contributed by atoms with Gasteiger partial charge in [0.2, 0.25) is 5.91 Å². The van der Waals surface area contributed by atoms with Gasteiger partial charge in [-0.25, -0.2) is 4.98 Å². The quantitative estimate of drug-likeness (QED) is 0.282. The van der Waals surface area contributed by atoms with Crippen LogP contribution in [0.3, 0.4) is 0 Å². The summed E-state index contributed by atoms with van der Waals surface area (Å²) in [7, 11) is 1.83. The first-order chi connectivity index (χ1) is 15.9. The average molecular weight is 520 g/mol. The van der Waals surface area contributed by atoms with Crippen LogP contribution in [0.5, 0.6) is 5.75 Å². The number of thioether (sulfide) groups is 1. The molecular formula is C22H19Cl2N5O2S2. The summed E-state index contributed by atoms with van der Waals surface area (Å²) < 4.78 is 7.71. The maximum absolute atomic E-state index is 12.4. The van der Waals surface area contributed by atoms with Crippen molar-refractivity contribution in [3.63, 3.8) is 0 Å². The van der Waals surface area contributed by atoms with Crippen LogP contribution in [0.15, 0.2) is 59.1 Å². The van der Waals surface area contributed by atoms with Crippen LogP contribution < -0.4 is 10.1 Å². The fourth-order valence-electron chi connectivity index (χ4n) is 2.98. The predicted molar refractivity (Wildman–Crippen MR) is 133 cm³/mol. The molecule has 4 aromatic rings. The zero-order valence-electron chi connectivity index (χ0n) is 17.7. The first-order valence-electron chi connectivity index (χ1n) is 9.85. The van der Waals surface area contributed by atoms with Gasteiger partial charge in [0.05, 0.1) is 16.5 Å². The highest BCUT2D eigenvalue weighted by Gasteiger charge is 2.19. The summed E-state index contributed by atoms with van der Waals surface area (Å²) in [4.78, 5) is 16.9. The highest BCUT2D eigenvalue weighted by Crippen LogP contribution is 2.31. The molecule has 33 heavy (non-hydrogen) atoms. The van der Waals surface area contributed by atoms with Crippen molar-refractivity contribution in [3.8, 4) is 17.0 Å². The van der Waals surface area contributed by atoms with Crippen molar-refractivity contribution in [2.24, 2.45) is 7.05 Å². The highest BCUT2D eigenvalue weighted by molar-refractivity contribution is 7.99. The van der Waals surface area contributed by atoms with E-state index >= 15 is 0 Å². The molecule has 0 fully saturated rings. The number of benzene rings is 2. The molecule has 4 rings (SSSR count). The van der Waals surface area contributed by atoms with Crippen molar-refractivity contribution in [1.29, 1.82) is 0 Å². The molecule has 0 aliphatic rings. The van der Waals surface area contributed by atoms with Gasteiger partial charge in [0.15, 0.2) is 22.2 Å². The number of hydrogen-bond donors (Lipinski definition) is 1. The van der Waals surface area contributed by atoms with E-state index in [0.717, 1.165) is 11.3 Å². The van der Waals surface area contributed by atoms with E-state index in [1.54, 1.807) is 22.8 Å². The molecule has 0 saturated carbocycles. The molecule has 11 heteroatoms. The number of carbonyl (C=O) groups is 1. The lowest BCUT2D eigenvalue weighted by atomic mass is 10.2. The zero-order valence-corrected chi connectivity index (χ0v) is 20.8. The van der Waals surface area contributed by atoms with Crippen molar-refractivity contribution < 1.29 is 9.53 Å². The maximum Gasteiger partial charge on any atom is 0.236 e. The van der Waals surface area contributed by atoms with Crippen LogP contribution in [0.4, 0.5) is 5.13 Å². The van der Waals surface area contributed by atoms with Gasteiger partial charge < -0.3 is 14.6 Å². The number of rotatable bonds is 8. The number of ether oxygens (including phenoxy) is 1. The third-order valence-electron chi connectivity index (χ3n) is 4.58. The number of halogens is 2. The molecule has 0 aliphatic carbocycles. The number of hydrogen-bond acceptors (Lipinski definition) is 7. The summed E-state index contributed by atoms with van der Waals surface area (Å²) in [6.07, 6.45) is -0.406. The van der Waals surface area contributed by atoms with Gasteiger partial charge in [-0.15, -0.1) is 21.5 Å². The molecule has 7 nitrogen and oxygen atoms in total. The summed E-state index contributed by atoms with van der Waals surface area (Å²) in [6, 6.07) is 14.8. The first kappa shape index (κ1) is 23.6. The van der Waals surface area contributed by atoms with Crippen LogP contribution in [-0.4, -0.2) is 31.4 Å². The second kappa shape index (κ2) is 10.6. The highest BCUT2D eigenvalue weighted by atomic mass is 35.5. The van der Waals surface area contributed by atoms with Crippen LogP contribution in [0.25, 0.3) is 11.3 Å². The fraction of sp³-hybridized carbons (Fsp3) is 0.182. The second-order valence-electron chi connectivity index (χ2n) is 6.98. The van der Waals surface area contributed by atoms with Gasteiger partial charge in [-0.2, -0.15) is 0 Å². The summed E-state index contributed by atoms with van der Waals surface area (Å²) in [5.41, 5.74) is 1.84. The molecule has 1 unspecified atom stereocenters. The number of amides is 1. The lowest BCUT2D eigenvalue weighted by molar-refractivity contribution is -0.113. The first-order valence-corrected chi connectivity index (χ1v) is 12.5. The Bertz CT molecular complexity index is 1260. The maximum atomic E-state index is 12.4. The second-order valence-corrected chi connectivity index (χ2v) is 9.62. The van der Waals surface area contributed by atoms with Gasteiger partial charge in [-0.05, 0) is 25.1 Å². The standard InChI is InChI=1S/C22H19Cl2N5O2S2/c1-13(31-18-9-8-15(23)10-16(18)24)20-27-28-22(29(20)2)33-12-19(30)26-21-25-17(11-32-21)14-6-4-3-5-7-14/h3-11,13H,12H2,1-2H3,(H,25,26,30). The van der Waals surface area contributed by atoms with Crippen molar-refractivity contribution in [1.82, 2.24) is 19.7 Å². The molecule has 2 heterocycles. The fourth-order valence-corrected chi connectivity index (χ4v) is 4.88. The molecule has 0 saturated heterocycles. The van der Waals surface area contributed by atoms with E-state index in [0.29, 0.717) is 31.9 Å². The molecule has 2 aromatic carbocycles. The van der Waals surface area contributed by atoms with Crippen molar-refractivity contribution >= 4 is 57.3 Å². The van der Waals surface area contributed by atoms with E-state index in [4.69, 9.17) is 27.9 Å². The van der Waals surface area contributed by atoms with Crippen molar-refractivity contribution in [2.45, 2.75) is 18.2 Å². The topological polar surface area (TPSA) is 81.9 Å². The van der Waals surface area contributed by atoms with Gasteiger partial charge in [0.25, 0.3) is 0 Å². The summed E-state index contributed by atoms with van der Waals surface area (Å²) >= 11 is 14.8. The van der Waals surface area contributed by atoms with Crippen LogP contribution in [0.1, 0.15) is 18.9 Å². The predicted octanol–water partition coefficient (Wildman–Crippen LogP) is 6.12. The number of nitrogens with one attached hydrogen (secondary N) is 1. The molecular weight excluding hydrogens is 501 g/mol. The van der Waals surface area contributed by atoms with E-state index in [1.165, 1.54) is 23.1 Å². The van der Waals surface area contributed by atoms with Gasteiger partial charge in [0, 0.05) is 23.0 Å². The van der Waals surface area contributed by atoms with E-state index < -0.39 is 6.10 Å². The van der Waals surface area contributed by atoms with Gasteiger partial charge >= 0.3 is 0 Å². The third-order valence-corrected chi connectivity index (χ3v) is 6.89. The minimum Gasteiger partial charge on any atom is -0.481 e. The number of aromatic nitrogens is 4. The van der Waals surface area contributed by atoms with Gasteiger partial charge in [0.1, 0.15) is 5.75 Å². The Morgan fingerprint density at radius 2 is 2.00 bits per heavy atom. The van der Waals surface area contributed by atoms with Gasteiger partial charge in [-0.3, -0.25) is 4.79 Å². The molecule has 1 N–H and O–H groups in total. The molecule has 1 amide bonds. The number of carbonyl (C=O) groups excluding carboxylic acids is 1. The Morgan fingerprint density at radius 3 is 2.76 bits per heavy atom. The molecule has 2 aromatic heterocycles. The molecule has 0 bridgehead atoms. The SMILES string of the molecule is CC(Oc1ccc(Cl)cc1Cl)c1nnc(SCC(=O)Nc2nc(-c3ccccc3)cs2)n1C. The Balaban J connectivity index is 1.33. The van der Waals surface area contributed by atoms with E-state index in [2.05, 4.69) is 20.5 Å². The Hall–Kier alpha value is -2.59. The Morgan fingerprint density at radius 1 is 1.21 bits per heavy atom. The summed E-state index contributed by atoms with van der Waals surface area (Å²) in [5, 5.41) is 15.3. The Labute approximate surface area is 209 Å². The van der Waals surface area contributed by atoms with E-state index in [1.807, 2.05) is 49.7 Å². The Kier molecular flexibility index (Phi) is 7.54. The average Bonchev–Trinajstić information content (AvgIpc) is 3.41. The van der Waals surface area contributed by atoms with Crippen LogP contribution in [-0.2, 0) is 11.8 Å². The van der Waals surface area contributed by atoms with Crippen molar-refractivity contribution in [3.05, 3.63) is 69.8 Å². The number of anilines is 1. The van der Waals surface area contributed by atoms with Crippen LogP contribution >= 0.6 is 46.3 Å². The van der Waals surface area contributed by atoms with Crippen molar-refractivity contribution in [2.75, 3.05) is 11.1 Å². The van der Waals surface area contributed by atoms with E-state index in [9.17, 15) is 4.79 Å². The number of thiazole rings is 1. The van der Waals surface area contributed by atoms with Crippen LogP contribution in [0.2, 0.25) is 10.0 Å². The monoisotopic (exact) mass is 519 g/mol. The summed E-state index contributed by atoms with van der Waals surface area (Å²) in [5.74, 6) is 1.11. The molecule has 0 aliphatic heterocycles. The van der Waals surface area contributed by atoms with Gasteiger partial charge in [-0.1, -0.05) is 65.3 Å². The lowest BCUT2D eigenvalue weighted by Crippen LogP contribution is -2.14. The number of nitrogens with zero attached hydrogens (tertiary/aromatic N) is 4. The molecule has 1 atom stereocenters. The minimum absolute atomic E-state index is 0.171. The van der Waals surface area contributed by atoms with Crippen LogP contribution in [0, 0.1) is 0 Å². The molecule has 0 spiro atoms. The lowest BCUT2D eigenvalue weighted by Gasteiger charge is -2.15. The summed E-state index contributed by atoms with van der Waals surface area (Å²) in [6.45, 7) is 1.85. The zero-order chi connectivity index (χ0) is 23.4.